The second kappa shape index (κ2) is 3.51. The Morgan fingerprint density at radius 1 is 1.12 bits per heavy atom. The standard InChI is InChI=1S/C9H7F3N4/c10-9(11,12)8-14-5-16(15-8)7-3-1-6(13)2-4-7/h1-5H,13H2. The summed E-state index contributed by atoms with van der Waals surface area (Å²) in [4.78, 5) is 3.18. The van der Waals surface area contributed by atoms with Crippen LogP contribution in [0, 0.1) is 0 Å². The number of hydrogen-bond acceptors (Lipinski definition) is 3. The molecular formula is C9H7F3N4. The van der Waals surface area contributed by atoms with Gasteiger partial charge < -0.3 is 5.73 Å². The summed E-state index contributed by atoms with van der Waals surface area (Å²) in [5.41, 5.74) is 6.45. The predicted molar refractivity (Wildman–Crippen MR) is 50.8 cm³/mol. The maximum absolute atomic E-state index is 12.2. The van der Waals surface area contributed by atoms with Crippen molar-refractivity contribution in [2.45, 2.75) is 6.18 Å². The minimum atomic E-state index is -4.53. The third-order valence-electron chi connectivity index (χ3n) is 1.90. The summed E-state index contributed by atoms with van der Waals surface area (Å²) >= 11 is 0. The largest absolute Gasteiger partial charge is 0.453 e. The molecule has 0 aliphatic heterocycles. The molecular weight excluding hydrogens is 221 g/mol. The van der Waals surface area contributed by atoms with E-state index in [9.17, 15) is 13.2 Å². The van der Waals surface area contributed by atoms with Crippen molar-refractivity contribution in [1.82, 2.24) is 14.8 Å². The second-order valence-corrected chi connectivity index (χ2v) is 3.10. The van der Waals surface area contributed by atoms with Crippen molar-refractivity contribution >= 4 is 5.69 Å². The van der Waals surface area contributed by atoms with Crippen molar-refractivity contribution < 1.29 is 13.2 Å². The molecule has 0 fully saturated rings. The Morgan fingerprint density at radius 2 is 1.75 bits per heavy atom. The molecule has 0 amide bonds. The van der Waals surface area contributed by atoms with Crippen LogP contribution in [0.25, 0.3) is 5.69 Å². The summed E-state index contributed by atoms with van der Waals surface area (Å²) in [7, 11) is 0. The molecule has 0 saturated heterocycles. The van der Waals surface area contributed by atoms with Crippen LogP contribution in [0.4, 0.5) is 18.9 Å². The molecule has 0 saturated carbocycles. The normalized spacial score (nSPS) is 11.7. The SMILES string of the molecule is Nc1ccc(-n2cnc(C(F)(F)F)n2)cc1. The van der Waals surface area contributed by atoms with Gasteiger partial charge in [0.1, 0.15) is 6.33 Å². The van der Waals surface area contributed by atoms with E-state index in [1.54, 1.807) is 24.3 Å². The smallest absolute Gasteiger partial charge is 0.399 e. The number of anilines is 1. The van der Waals surface area contributed by atoms with E-state index in [2.05, 4.69) is 10.1 Å². The molecule has 2 N–H and O–H groups in total. The van der Waals surface area contributed by atoms with Gasteiger partial charge in [-0.1, -0.05) is 0 Å². The first-order valence-electron chi connectivity index (χ1n) is 4.31. The van der Waals surface area contributed by atoms with Crippen LogP contribution in [0.2, 0.25) is 0 Å². The molecule has 1 heterocycles. The van der Waals surface area contributed by atoms with Crippen LogP contribution in [-0.2, 0) is 6.18 Å². The summed E-state index contributed by atoms with van der Waals surface area (Å²) < 4.78 is 37.7. The highest BCUT2D eigenvalue weighted by Gasteiger charge is 2.35. The van der Waals surface area contributed by atoms with E-state index in [-0.39, 0.29) is 0 Å². The van der Waals surface area contributed by atoms with Crippen molar-refractivity contribution in [1.29, 1.82) is 0 Å². The number of aromatic nitrogens is 3. The van der Waals surface area contributed by atoms with Gasteiger partial charge >= 0.3 is 6.18 Å². The Labute approximate surface area is 88.5 Å². The lowest BCUT2D eigenvalue weighted by atomic mass is 10.3. The average molecular weight is 228 g/mol. The van der Waals surface area contributed by atoms with Gasteiger partial charge in [0.2, 0.25) is 0 Å². The van der Waals surface area contributed by atoms with Crippen LogP contribution in [0.3, 0.4) is 0 Å². The topological polar surface area (TPSA) is 56.7 Å². The van der Waals surface area contributed by atoms with Crippen molar-refractivity contribution in [3.63, 3.8) is 0 Å². The van der Waals surface area contributed by atoms with Crippen molar-refractivity contribution in [2.75, 3.05) is 5.73 Å². The Hall–Kier alpha value is -2.05. The number of nitrogens with two attached hydrogens (primary N) is 1. The Bertz CT molecular complexity index is 486. The van der Waals surface area contributed by atoms with Crippen molar-refractivity contribution in [3.8, 4) is 5.69 Å². The van der Waals surface area contributed by atoms with E-state index in [0.29, 0.717) is 11.4 Å². The Balaban J connectivity index is 2.35. The van der Waals surface area contributed by atoms with E-state index in [1.807, 2.05) is 0 Å². The maximum Gasteiger partial charge on any atom is 0.453 e. The van der Waals surface area contributed by atoms with Gasteiger partial charge in [0.05, 0.1) is 5.69 Å². The lowest BCUT2D eigenvalue weighted by Crippen LogP contribution is -2.08. The molecule has 4 nitrogen and oxygen atoms in total. The highest BCUT2D eigenvalue weighted by molar-refractivity contribution is 5.44. The molecule has 0 aliphatic carbocycles. The maximum atomic E-state index is 12.2. The lowest BCUT2D eigenvalue weighted by molar-refractivity contribution is -0.144. The monoisotopic (exact) mass is 228 g/mol. The molecule has 1 aromatic carbocycles. The van der Waals surface area contributed by atoms with Gasteiger partial charge in [-0.25, -0.2) is 9.67 Å². The Morgan fingerprint density at radius 3 is 2.25 bits per heavy atom. The highest BCUT2D eigenvalue weighted by Crippen LogP contribution is 2.25. The minimum absolute atomic E-state index is 0.470. The molecule has 0 unspecified atom stereocenters. The van der Waals surface area contributed by atoms with Crippen molar-refractivity contribution in [3.05, 3.63) is 36.4 Å². The first-order chi connectivity index (χ1) is 7.47. The number of benzene rings is 1. The van der Waals surface area contributed by atoms with E-state index < -0.39 is 12.0 Å². The molecule has 2 rings (SSSR count). The number of alkyl halides is 3. The van der Waals surface area contributed by atoms with Gasteiger partial charge in [-0.3, -0.25) is 0 Å². The van der Waals surface area contributed by atoms with Crippen LogP contribution >= 0.6 is 0 Å². The van der Waals surface area contributed by atoms with Gasteiger partial charge in [-0.05, 0) is 24.3 Å². The first kappa shape index (κ1) is 10.5. The van der Waals surface area contributed by atoms with Gasteiger partial charge in [-0.2, -0.15) is 13.2 Å². The zero-order chi connectivity index (χ0) is 11.8. The third-order valence-corrected chi connectivity index (χ3v) is 1.90. The molecule has 0 atom stereocenters. The fourth-order valence-electron chi connectivity index (χ4n) is 1.14. The van der Waals surface area contributed by atoms with Crippen LogP contribution < -0.4 is 5.73 Å². The Kier molecular flexibility index (Phi) is 2.30. The molecule has 2 aromatic rings. The predicted octanol–water partition coefficient (Wildman–Crippen LogP) is 1.87. The molecule has 84 valence electrons. The summed E-state index contributed by atoms with van der Waals surface area (Å²) in [6.07, 6.45) is -3.52. The number of nitrogens with zero attached hydrogens (tertiary/aromatic N) is 3. The summed E-state index contributed by atoms with van der Waals surface area (Å²) in [6.45, 7) is 0. The molecule has 16 heavy (non-hydrogen) atoms. The summed E-state index contributed by atoms with van der Waals surface area (Å²) in [5, 5.41) is 3.32. The van der Waals surface area contributed by atoms with E-state index in [1.165, 1.54) is 0 Å². The molecule has 0 spiro atoms. The summed E-state index contributed by atoms with van der Waals surface area (Å²) in [6, 6.07) is 6.27. The fraction of sp³-hybridized carbons (Fsp3) is 0.111. The van der Waals surface area contributed by atoms with Gasteiger partial charge in [0, 0.05) is 5.69 Å². The number of halogens is 3. The zero-order valence-electron chi connectivity index (χ0n) is 7.94. The van der Waals surface area contributed by atoms with Crippen LogP contribution in [0.15, 0.2) is 30.6 Å². The number of nitrogen functional groups attached to an aromatic ring is 1. The van der Waals surface area contributed by atoms with Gasteiger partial charge in [-0.15, -0.1) is 5.10 Å². The van der Waals surface area contributed by atoms with Crippen LogP contribution in [0.1, 0.15) is 5.82 Å². The lowest BCUT2D eigenvalue weighted by Gasteiger charge is -2.01. The zero-order valence-corrected chi connectivity index (χ0v) is 7.94. The van der Waals surface area contributed by atoms with E-state index in [4.69, 9.17) is 5.73 Å². The molecule has 1 aromatic heterocycles. The molecule has 0 radical (unpaired) electrons. The molecule has 7 heteroatoms. The van der Waals surface area contributed by atoms with E-state index >= 15 is 0 Å². The fourth-order valence-corrected chi connectivity index (χ4v) is 1.14. The van der Waals surface area contributed by atoms with Gasteiger partial charge in [0.15, 0.2) is 0 Å². The number of rotatable bonds is 1. The minimum Gasteiger partial charge on any atom is -0.399 e. The first-order valence-corrected chi connectivity index (χ1v) is 4.31. The second-order valence-electron chi connectivity index (χ2n) is 3.10. The third kappa shape index (κ3) is 1.97. The molecule has 0 bridgehead atoms. The number of hydrogen-bond donors (Lipinski definition) is 1. The van der Waals surface area contributed by atoms with Crippen LogP contribution in [-0.4, -0.2) is 14.8 Å². The molecule has 0 aliphatic rings. The quantitative estimate of drug-likeness (QED) is 0.758. The van der Waals surface area contributed by atoms with Gasteiger partial charge in [0.25, 0.3) is 5.82 Å². The summed E-state index contributed by atoms with van der Waals surface area (Å²) in [5.74, 6) is -1.16. The van der Waals surface area contributed by atoms with Crippen LogP contribution in [0.5, 0.6) is 0 Å². The average Bonchev–Trinajstić information content (AvgIpc) is 2.67. The highest BCUT2D eigenvalue weighted by atomic mass is 19.4. The van der Waals surface area contributed by atoms with Crippen molar-refractivity contribution in [2.24, 2.45) is 0 Å². The van der Waals surface area contributed by atoms with E-state index in [0.717, 1.165) is 11.0 Å².